The van der Waals surface area contributed by atoms with Crippen molar-refractivity contribution in [3.63, 3.8) is 0 Å². The third kappa shape index (κ3) is 7.68. The minimum absolute atomic E-state index is 0.000428. The van der Waals surface area contributed by atoms with Crippen LogP contribution in [0.15, 0.2) is 77.7 Å². The SMILES string of the molecule is CC[C@H](C)NC(=O)[C@@H](C)N(Cc1ccccc1Cl)C(=O)CN(c1cccc(Cl)c1)S(=O)(=O)c1ccc(OC)cc1. The summed E-state index contributed by atoms with van der Waals surface area (Å²) < 4.78 is 33.9. The van der Waals surface area contributed by atoms with Crippen LogP contribution in [0.3, 0.4) is 0 Å². The quantitative estimate of drug-likeness (QED) is 0.293. The van der Waals surface area contributed by atoms with Crippen molar-refractivity contribution in [3.05, 3.63) is 88.4 Å². The molecule has 8 nitrogen and oxygen atoms in total. The fraction of sp³-hybridized carbons (Fsp3) is 0.310. The Morgan fingerprint density at radius 3 is 2.25 bits per heavy atom. The van der Waals surface area contributed by atoms with Gasteiger partial charge >= 0.3 is 0 Å². The van der Waals surface area contributed by atoms with E-state index < -0.39 is 28.5 Å². The van der Waals surface area contributed by atoms with Gasteiger partial charge in [0.1, 0.15) is 18.3 Å². The van der Waals surface area contributed by atoms with Crippen LogP contribution in [0.5, 0.6) is 5.75 Å². The summed E-state index contributed by atoms with van der Waals surface area (Å²) in [6.45, 7) is 4.83. The van der Waals surface area contributed by atoms with Gasteiger partial charge in [-0.05, 0) is 74.4 Å². The topological polar surface area (TPSA) is 96.0 Å². The number of hydrogen-bond donors (Lipinski definition) is 1. The smallest absolute Gasteiger partial charge is 0.264 e. The molecule has 0 aliphatic heterocycles. The molecular weight excluding hydrogens is 573 g/mol. The molecule has 3 aromatic rings. The lowest BCUT2D eigenvalue weighted by molar-refractivity contribution is -0.139. The summed E-state index contributed by atoms with van der Waals surface area (Å²) in [5.41, 5.74) is 0.819. The van der Waals surface area contributed by atoms with Crippen molar-refractivity contribution in [1.29, 1.82) is 0 Å². The summed E-state index contributed by atoms with van der Waals surface area (Å²) >= 11 is 12.6. The normalized spacial score (nSPS) is 12.8. The Balaban J connectivity index is 2.04. The molecule has 2 amide bonds. The fourth-order valence-corrected chi connectivity index (χ4v) is 5.68. The lowest BCUT2D eigenvalue weighted by Gasteiger charge is -2.32. The van der Waals surface area contributed by atoms with E-state index in [0.29, 0.717) is 27.8 Å². The van der Waals surface area contributed by atoms with Crippen LogP contribution in [0.4, 0.5) is 5.69 Å². The number of carbonyl (C=O) groups excluding carboxylic acids is 2. The number of ether oxygens (including phenoxy) is 1. The molecule has 11 heteroatoms. The van der Waals surface area contributed by atoms with Crippen molar-refractivity contribution in [2.75, 3.05) is 18.0 Å². The number of rotatable bonds is 12. The van der Waals surface area contributed by atoms with Crippen molar-refractivity contribution >= 4 is 50.7 Å². The molecule has 0 bridgehead atoms. The Morgan fingerprint density at radius 1 is 0.975 bits per heavy atom. The Bertz CT molecular complexity index is 1430. The zero-order chi connectivity index (χ0) is 29.4. The molecule has 0 aromatic heterocycles. The summed E-state index contributed by atoms with van der Waals surface area (Å²) in [7, 11) is -2.75. The summed E-state index contributed by atoms with van der Waals surface area (Å²) in [4.78, 5) is 28.4. The second-order valence-electron chi connectivity index (χ2n) is 9.27. The van der Waals surface area contributed by atoms with Gasteiger partial charge in [0.25, 0.3) is 10.0 Å². The first kappa shape index (κ1) is 31.3. The third-order valence-corrected chi connectivity index (χ3v) is 8.88. The second-order valence-corrected chi connectivity index (χ2v) is 12.0. The molecule has 0 saturated carbocycles. The number of nitrogens with one attached hydrogen (secondary N) is 1. The zero-order valence-electron chi connectivity index (χ0n) is 22.8. The van der Waals surface area contributed by atoms with Crippen LogP contribution >= 0.6 is 23.2 Å². The largest absolute Gasteiger partial charge is 0.497 e. The van der Waals surface area contributed by atoms with Crippen LogP contribution in [0, 0.1) is 0 Å². The highest BCUT2D eigenvalue weighted by Crippen LogP contribution is 2.28. The van der Waals surface area contributed by atoms with Gasteiger partial charge in [0.05, 0.1) is 17.7 Å². The molecule has 3 aromatic carbocycles. The van der Waals surface area contributed by atoms with Crippen molar-refractivity contribution in [2.24, 2.45) is 0 Å². The van der Waals surface area contributed by atoms with Crippen molar-refractivity contribution < 1.29 is 22.7 Å². The van der Waals surface area contributed by atoms with Crippen LogP contribution in [0.1, 0.15) is 32.8 Å². The molecule has 1 N–H and O–H groups in total. The first-order chi connectivity index (χ1) is 19.0. The Morgan fingerprint density at radius 2 is 1.65 bits per heavy atom. The first-order valence-corrected chi connectivity index (χ1v) is 14.9. The number of sulfonamides is 1. The summed E-state index contributed by atoms with van der Waals surface area (Å²) in [5.74, 6) is -0.470. The zero-order valence-corrected chi connectivity index (χ0v) is 25.1. The van der Waals surface area contributed by atoms with Crippen LogP contribution in [-0.2, 0) is 26.2 Å². The van der Waals surface area contributed by atoms with Gasteiger partial charge in [0.15, 0.2) is 0 Å². The molecular formula is C29H33Cl2N3O5S. The van der Waals surface area contributed by atoms with E-state index in [0.717, 1.165) is 4.31 Å². The maximum Gasteiger partial charge on any atom is 0.264 e. The number of carbonyl (C=O) groups is 2. The molecule has 0 aliphatic carbocycles. The summed E-state index contributed by atoms with van der Waals surface area (Å²) in [6, 6.07) is 18.0. The van der Waals surface area contributed by atoms with Gasteiger partial charge < -0.3 is 15.0 Å². The average Bonchev–Trinajstić information content (AvgIpc) is 2.94. The highest BCUT2D eigenvalue weighted by atomic mass is 35.5. The Labute approximate surface area is 245 Å². The van der Waals surface area contributed by atoms with Gasteiger partial charge in [0, 0.05) is 22.6 Å². The molecule has 0 fully saturated rings. The summed E-state index contributed by atoms with van der Waals surface area (Å²) in [5, 5.41) is 3.62. The maximum absolute atomic E-state index is 14.0. The number of anilines is 1. The minimum atomic E-state index is -4.23. The average molecular weight is 607 g/mol. The third-order valence-electron chi connectivity index (χ3n) is 6.49. The van der Waals surface area contributed by atoms with E-state index in [-0.39, 0.29) is 29.1 Å². The van der Waals surface area contributed by atoms with E-state index in [2.05, 4.69) is 5.32 Å². The van der Waals surface area contributed by atoms with Gasteiger partial charge in [-0.25, -0.2) is 8.42 Å². The van der Waals surface area contributed by atoms with Crippen molar-refractivity contribution in [3.8, 4) is 5.75 Å². The number of benzene rings is 3. The van der Waals surface area contributed by atoms with E-state index in [9.17, 15) is 18.0 Å². The predicted molar refractivity (Wildman–Crippen MR) is 158 cm³/mol. The van der Waals surface area contributed by atoms with E-state index in [1.54, 1.807) is 49.4 Å². The van der Waals surface area contributed by atoms with Crippen LogP contribution in [0.2, 0.25) is 10.0 Å². The Kier molecular flexibility index (Phi) is 10.8. The second kappa shape index (κ2) is 13.9. The van der Waals surface area contributed by atoms with Gasteiger partial charge in [-0.15, -0.1) is 0 Å². The summed E-state index contributed by atoms with van der Waals surface area (Å²) in [6.07, 6.45) is 0.708. The molecule has 214 valence electrons. The molecule has 3 rings (SSSR count). The highest BCUT2D eigenvalue weighted by Gasteiger charge is 2.33. The number of nitrogens with zero attached hydrogens (tertiary/aromatic N) is 2. The van der Waals surface area contributed by atoms with Crippen LogP contribution in [-0.4, -0.2) is 50.9 Å². The van der Waals surface area contributed by atoms with Gasteiger partial charge in [-0.1, -0.05) is 54.4 Å². The monoisotopic (exact) mass is 605 g/mol. The lowest BCUT2D eigenvalue weighted by atomic mass is 10.1. The van der Waals surface area contributed by atoms with Crippen molar-refractivity contribution in [1.82, 2.24) is 10.2 Å². The molecule has 0 radical (unpaired) electrons. The van der Waals surface area contributed by atoms with Gasteiger partial charge in [-0.2, -0.15) is 0 Å². The van der Waals surface area contributed by atoms with Crippen molar-refractivity contribution in [2.45, 2.75) is 50.7 Å². The van der Waals surface area contributed by atoms with E-state index in [1.165, 1.54) is 42.3 Å². The lowest BCUT2D eigenvalue weighted by Crippen LogP contribution is -2.52. The molecule has 0 aliphatic rings. The van der Waals surface area contributed by atoms with Crippen LogP contribution < -0.4 is 14.4 Å². The molecule has 0 unspecified atom stereocenters. The van der Waals surface area contributed by atoms with Gasteiger partial charge in [-0.3, -0.25) is 13.9 Å². The number of halogens is 2. The van der Waals surface area contributed by atoms with Gasteiger partial charge in [0.2, 0.25) is 11.8 Å². The standard InChI is InChI=1S/C29H33Cl2N3O5S/c1-5-20(2)32-29(36)21(3)33(18-22-9-6-7-12-27(22)31)28(35)19-34(24-11-8-10-23(30)17-24)40(37,38)26-15-13-25(39-4)14-16-26/h6-17,20-21H,5,18-19H2,1-4H3,(H,32,36)/t20-,21+/m0/s1. The molecule has 0 spiro atoms. The maximum atomic E-state index is 14.0. The fourth-order valence-electron chi connectivity index (χ4n) is 3.89. The van der Waals surface area contributed by atoms with E-state index in [1.807, 2.05) is 13.8 Å². The number of methoxy groups -OCH3 is 1. The molecule has 0 saturated heterocycles. The Hall–Kier alpha value is -3.27. The van der Waals surface area contributed by atoms with E-state index >= 15 is 0 Å². The van der Waals surface area contributed by atoms with Crippen LogP contribution in [0.25, 0.3) is 0 Å². The number of amides is 2. The molecule has 0 heterocycles. The molecule has 2 atom stereocenters. The first-order valence-electron chi connectivity index (χ1n) is 12.7. The molecule has 40 heavy (non-hydrogen) atoms. The minimum Gasteiger partial charge on any atom is -0.497 e. The predicted octanol–water partition coefficient (Wildman–Crippen LogP) is 5.53. The van der Waals surface area contributed by atoms with E-state index in [4.69, 9.17) is 27.9 Å². The highest BCUT2D eigenvalue weighted by molar-refractivity contribution is 7.92. The number of hydrogen-bond acceptors (Lipinski definition) is 5.